The Balaban J connectivity index is 2.01. The maximum Gasteiger partial charge on any atom is 0.328 e. The fourth-order valence-corrected chi connectivity index (χ4v) is 2.49. The Morgan fingerprint density at radius 1 is 1.45 bits per heavy atom. The van der Waals surface area contributed by atoms with E-state index in [2.05, 4.69) is 5.32 Å². The molecule has 0 spiro atoms. The Labute approximate surface area is 119 Å². The first-order chi connectivity index (χ1) is 9.58. The topological polar surface area (TPSA) is 79.5 Å². The number of amides is 1. The van der Waals surface area contributed by atoms with Gasteiger partial charge in [-0.1, -0.05) is 0 Å². The molecule has 2 N–H and O–H groups in total. The van der Waals surface area contributed by atoms with E-state index in [0.717, 1.165) is 16.5 Å². The summed E-state index contributed by atoms with van der Waals surface area (Å²) in [6.45, 7) is 2.07. The highest BCUT2D eigenvalue weighted by Gasteiger charge is 2.11. The number of rotatable bonds is 5. The minimum absolute atomic E-state index is 0.210. The van der Waals surface area contributed by atoms with Crippen LogP contribution in [0.5, 0.6) is 0 Å². The summed E-state index contributed by atoms with van der Waals surface area (Å²) < 4.78 is 5.08. The average molecular weight is 291 g/mol. The van der Waals surface area contributed by atoms with Gasteiger partial charge in [-0.25, -0.2) is 4.79 Å². The summed E-state index contributed by atoms with van der Waals surface area (Å²) in [6.07, 6.45) is 4.06. The minimum atomic E-state index is -1.000. The third-order valence-electron chi connectivity index (χ3n) is 2.70. The fraction of sp³-hybridized carbons (Fsp3) is 0.143. The molecule has 20 heavy (non-hydrogen) atoms. The zero-order chi connectivity index (χ0) is 14.5. The first-order valence-corrected chi connectivity index (χ1v) is 6.75. The van der Waals surface area contributed by atoms with Crippen LogP contribution in [0.1, 0.15) is 26.6 Å². The molecule has 0 fully saturated rings. The lowest BCUT2D eigenvalue weighted by Crippen LogP contribution is -2.22. The molecule has 0 saturated carbocycles. The Bertz CT molecular complexity index is 654. The molecule has 0 radical (unpaired) electrons. The second-order valence-corrected chi connectivity index (χ2v) is 5.04. The van der Waals surface area contributed by atoms with Crippen LogP contribution in [0, 0.1) is 6.92 Å². The van der Waals surface area contributed by atoms with Crippen LogP contribution in [-0.2, 0) is 11.3 Å². The Morgan fingerprint density at radius 2 is 2.25 bits per heavy atom. The van der Waals surface area contributed by atoms with Gasteiger partial charge in [0.2, 0.25) is 0 Å². The van der Waals surface area contributed by atoms with Crippen LogP contribution in [0.2, 0.25) is 0 Å². The molecule has 5 nitrogen and oxygen atoms in total. The van der Waals surface area contributed by atoms with Crippen LogP contribution < -0.4 is 5.32 Å². The van der Waals surface area contributed by atoms with Gasteiger partial charge in [0, 0.05) is 11.0 Å². The van der Waals surface area contributed by atoms with Gasteiger partial charge in [-0.3, -0.25) is 4.79 Å². The molecule has 2 aromatic heterocycles. The molecule has 0 unspecified atom stereocenters. The van der Waals surface area contributed by atoms with Crippen LogP contribution in [0.4, 0.5) is 0 Å². The molecule has 0 atom stereocenters. The molecule has 1 amide bonds. The van der Waals surface area contributed by atoms with Crippen molar-refractivity contribution in [3.63, 3.8) is 0 Å². The van der Waals surface area contributed by atoms with E-state index in [4.69, 9.17) is 9.52 Å². The number of hydrogen-bond donors (Lipinski definition) is 2. The van der Waals surface area contributed by atoms with Gasteiger partial charge in [0.15, 0.2) is 0 Å². The standard InChI is InChI=1S/C14H13NO4S/c1-9-11(4-6-19-9)14(18)15-8-12-10(5-7-20-12)2-3-13(16)17/h2-7H,8H2,1H3,(H,15,18)(H,16,17)/b3-2+. The molecule has 2 aromatic rings. The molecular formula is C14H13NO4S. The molecule has 2 rings (SSSR count). The highest BCUT2D eigenvalue weighted by atomic mass is 32.1. The lowest BCUT2D eigenvalue weighted by molar-refractivity contribution is -0.131. The van der Waals surface area contributed by atoms with Gasteiger partial charge in [0.25, 0.3) is 5.91 Å². The number of hydrogen-bond acceptors (Lipinski definition) is 4. The van der Waals surface area contributed by atoms with Crippen molar-refractivity contribution in [1.82, 2.24) is 5.32 Å². The monoisotopic (exact) mass is 291 g/mol. The van der Waals surface area contributed by atoms with E-state index in [1.165, 1.54) is 23.7 Å². The van der Waals surface area contributed by atoms with Crippen molar-refractivity contribution >= 4 is 29.3 Å². The third-order valence-corrected chi connectivity index (χ3v) is 3.64. The Morgan fingerprint density at radius 3 is 2.90 bits per heavy atom. The van der Waals surface area contributed by atoms with Crippen LogP contribution in [0.3, 0.4) is 0 Å². The number of carbonyl (C=O) groups is 2. The van der Waals surface area contributed by atoms with Crippen LogP contribution in [0.15, 0.2) is 34.3 Å². The maximum atomic E-state index is 11.9. The molecule has 104 valence electrons. The number of carboxylic acids is 1. The van der Waals surface area contributed by atoms with E-state index in [1.807, 2.05) is 11.4 Å². The normalized spacial score (nSPS) is 10.8. The van der Waals surface area contributed by atoms with Gasteiger partial charge in [0.1, 0.15) is 5.76 Å². The SMILES string of the molecule is Cc1occc1C(=O)NCc1sccc1/C=C/C(=O)O. The summed E-state index contributed by atoms with van der Waals surface area (Å²) >= 11 is 1.46. The molecule has 6 heteroatoms. The number of nitrogens with one attached hydrogen (secondary N) is 1. The summed E-state index contributed by atoms with van der Waals surface area (Å²) in [5.74, 6) is -0.641. The first kappa shape index (κ1) is 14.1. The quantitative estimate of drug-likeness (QED) is 0.830. The molecule has 0 aliphatic heterocycles. The van der Waals surface area contributed by atoms with Gasteiger partial charge in [-0.2, -0.15) is 0 Å². The number of aliphatic carboxylic acids is 1. The summed E-state index contributed by atoms with van der Waals surface area (Å²) in [5.41, 5.74) is 1.30. The molecule has 0 aliphatic rings. The van der Waals surface area contributed by atoms with Crippen molar-refractivity contribution in [3.8, 4) is 0 Å². The van der Waals surface area contributed by atoms with Crippen molar-refractivity contribution < 1.29 is 19.1 Å². The molecule has 2 heterocycles. The summed E-state index contributed by atoms with van der Waals surface area (Å²) in [7, 11) is 0. The van der Waals surface area contributed by atoms with E-state index in [1.54, 1.807) is 13.0 Å². The molecule has 0 aromatic carbocycles. The van der Waals surface area contributed by atoms with Gasteiger partial charge in [-0.05, 0) is 36.1 Å². The maximum absolute atomic E-state index is 11.9. The van der Waals surface area contributed by atoms with E-state index in [-0.39, 0.29) is 5.91 Å². The van der Waals surface area contributed by atoms with E-state index in [0.29, 0.717) is 17.9 Å². The predicted molar refractivity (Wildman–Crippen MR) is 75.6 cm³/mol. The van der Waals surface area contributed by atoms with Crippen LogP contribution in [-0.4, -0.2) is 17.0 Å². The second kappa shape index (κ2) is 6.21. The number of carboxylic acid groups (broad SMARTS) is 1. The number of aryl methyl sites for hydroxylation is 1. The van der Waals surface area contributed by atoms with Crippen molar-refractivity contribution in [2.45, 2.75) is 13.5 Å². The van der Waals surface area contributed by atoms with Crippen LogP contribution in [0.25, 0.3) is 6.08 Å². The largest absolute Gasteiger partial charge is 0.478 e. The fourth-order valence-electron chi connectivity index (χ4n) is 1.68. The van der Waals surface area contributed by atoms with Crippen molar-refractivity contribution in [2.75, 3.05) is 0 Å². The summed E-state index contributed by atoms with van der Waals surface area (Å²) in [5, 5.41) is 13.3. The van der Waals surface area contributed by atoms with Gasteiger partial charge >= 0.3 is 5.97 Å². The van der Waals surface area contributed by atoms with Crippen molar-refractivity contribution in [1.29, 1.82) is 0 Å². The van der Waals surface area contributed by atoms with Gasteiger partial charge < -0.3 is 14.8 Å². The third kappa shape index (κ3) is 3.36. The van der Waals surface area contributed by atoms with Gasteiger partial charge in [-0.15, -0.1) is 11.3 Å². The average Bonchev–Trinajstić information content (AvgIpc) is 3.02. The Hall–Kier alpha value is -2.34. The van der Waals surface area contributed by atoms with E-state index in [9.17, 15) is 9.59 Å². The van der Waals surface area contributed by atoms with Crippen molar-refractivity contribution in [2.24, 2.45) is 0 Å². The number of thiophene rings is 1. The number of carbonyl (C=O) groups excluding carboxylic acids is 1. The molecule has 0 bridgehead atoms. The zero-order valence-electron chi connectivity index (χ0n) is 10.8. The summed E-state index contributed by atoms with van der Waals surface area (Å²) in [4.78, 5) is 23.3. The minimum Gasteiger partial charge on any atom is -0.478 e. The zero-order valence-corrected chi connectivity index (χ0v) is 11.6. The van der Waals surface area contributed by atoms with E-state index < -0.39 is 5.97 Å². The lowest BCUT2D eigenvalue weighted by atomic mass is 10.2. The lowest BCUT2D eigenvalue weighted by Gasteiger charge is -2.03. The molecule has 0 aliphatic carbocycles. The Kier molecular flexibility index (Phi) is 4.37. The number of furan rings is 1. The molecule has 0 saturated heterocycles. The smallest absolute Gasteiger partial charge is 0.328 e. The van der Waals surface area contributed by atoms with Crippen LogP contribution >= 0.6 is 11.3 Å². The predicted octanol–water partition coefficient (Wildman–Crippen LogP) is 2.68. The highest BCUT2D eigenvalue weighted by Crippen LogP contribution is 2.18. The van der Waals surface area contributed by atoms with Crippen molar-refractivity contribution in [3.05, 3.63) is 51.6 Å². The summed E-state index contributed by atoms with van der Waals surface area (Å²) in [6, 6.07) is 3.43. The first-order valence-electron chi connectivity index (χ1n) is 5.87. The van der Waals surface area contributed by atoms with Gasteiger partial charge in [0.05, 0.1) is 18.4 Å². The second-order valence-electron chi connectivity index (χ2n) is 4.04. The van der Waals surface area contributed by atoms with E-state index >= 15 is 0 Å². The highest BCUT2D eigenvalue weighted by molar-refractivity contribution is 7.10. The molecular weight excluding hydrogens is 278 g/mol.